The molecule has 4 aromatic rings. The van der Waals surface area contributed by atoms with Crippen LogP contribution < -0.4 is 15.4 Å². The summed E-state index contributed by atoms with van der Waals surface area (Å²) in [4.78, 5) is 4.81. The van der Waals surface area contributed by atoms with Gasteiger partial charge in [-0.3, -0.25) is 0 Å². The third-order valence-electron chi connectivity index (χ3n) is 6.46. The topological polar surface area (TPSA) is 64.0 Å². The Morgan fingerprint density at radius 1 is 1.03 bits per heavy atom. The molecule has 6 nitrogen and oxygen atoms in total. The van der Waals surface area contributed by atoms with Crippen LogP contribution in [0.3, 0.4) is 0 Å². The number of hydrogen-bond donors (Lipinski definition) is 2. The van der Waals surface area contributed by atoms with Gasteiger partial charge in [0.15, 0.2) is 5.65 Å². The minimum atomic E-state index is 0.604. The molecule has 0 saturated carbocycles. The van der Waals surface area contributed by atoms with Gasteiger partial charge in [0.1, 0.15) is 5.75 Å². The Kier molecular flexibility index (Phi) is 6.37. The van der Waals surface area contributed by atoms with Gasteiger partial charge in [-0.2, -0.15) is 5.10 Å². The van der Waals surface area contributed by atoms with Crippen LogP contribution in [0.15, 0.2) is 60.8 Å². The number of benzene rings is 2. The zero-order valence-corrected chi connectivity index (χ0v) is 19.3. The smallest absolute Gasteiger partial charge is 0.158 e. The number of rotatable bonds is 7. The third kappa shape index (κ3) is 4.92. The van der Waals surface area contributed by atoms with Gasteiger partial charge in [-0.1, -0.05) is 30.3 Å². The Morgan fingerprint density at radius 3 is 2.64 bits per heavy atom. The van der Waals surface area contributed by atoms with Gasteiger partial charge >= 0.3 is 0 Å². The third-order valence-corrected chi connectivity index (χ3v) is 6.46. The molecular weight excluding hydrogens is 410 g/mol. The molecule has 1 saturated heterocycles. The molecule has 2 aromatic heterocycles. The predicted octanol–water partition coefficient (Wildman–Crippen LogP) is 4.31. The average Bonchev–Trinajstić information content (AvgIpc) is 3.18. The Labute approximate surface area is 195 Å². The normalized spacial score (nSPS) is 14.6. The van der Waals surface area contributed by atoms with E-state index >= 15 is 0 Å². The van der Waals surface area contributed by atoms with Gasteiger partial charge in [0.25, 0.3) is 0 Å². The van der Waals surface area contributed by atoms with E-state index < -0.39 is 0 Å². The molecule has 0 aliphatic carbocycles. The molecule has 170 valence electrons. The molecule has 2 aromatic carbocycles. The van der Waals surface area contributed by atoms with Gasteiger partial charge in [-0.15, -0.1) is 0 Å². The van der Waals surface area contributed by atoms with E-state index in [0.29, 0.717) is 12.6 Å². The van der Waals surface area contributed by atoms with E-state index in [9.17, 15) is 0 Å². The van der Waals surface area contributed by atoms with Crippen LogP contribution in [-0.4, -0.2) is 41.0 Å². The highest BCUT2D eigenvalue weighted by Gasteiger charge is 2.13. The van der Waals surface area contributed by atoms with E-state index in [1.54, 1.807) is 7.11 Å². The molecule has 0 amide bonds. The second kappa shape index (κ2) is 9.73. The fourth-order valence-electron chi connectivity index (χ4n) is 4.53. The lowest BCUT2D eigenvalue weighted by Gasteiger charge is -2.23. The molecular formula is C27H31N5O. The maximum atomic E-state index is 5.26. The van der Waals surface area contributed by atoms with E-state index in [4.69, 9.17) is 14.8 Å². The average molecular weight is 442 g/mol. The summed E-state index contributed by atoms with van der Waals surface area (Å²) >= 11 is 0. The summed E-state index contributed by atoms with van der Waals surface area (Å²) in [5.41, 5.74) is 6.69. The lowest BCUT2D eigenvalue weighted by Crippen LogP contribution is -2.39. The first kappa shape index (κ1) is 21.6. The van der Waals surface area contributed by atoms with E-state index in [1.165, 1.54) is 29.5 Å². The quantitative estimate of drug-likeness (QED) is 0.448. The summed E-state index contributed by atoms with van der Waals surface area (Å²) in [7, 11) is 1.68. The van der Waals surface area contributed by atoms with Crippen LogP contribution in [-0.2, 0) is 13.1 Å². The molecule has 6 heteroatoms. The molecule has 0 radical (unpaired) electrons. The molecule has 33 heavy (non-hydrogen) atoms. The number of aromatic nitrogens is 3. The molecule has 1 aliphatic rings. The standard InChI is InChI=1S/C27H31N5O/c1-19-26-15-23(22-5-3-4-21(14-22)16-29-24-10-12-28-13-11-24)17-30-27(26)32(31-19)18-20-6-8-25(33-2)9-7-20/h3-9,14-15,17,24,28-29H,10-13,16,18H2,1-2H3. The number of ether oxygens (including phenoxy) is 1. The molecule has 3 heterocycles. The predicted molar refractivity (Wildman–Crippen MR) is 133 cm³/mol. The molecule has 1 fully saturated rings. The lowest BCUT2D eigenvalue weighted by atomic mass is 10.0. The summed E-state index contributed by atoms with van der Waals surface area (Å²) in [6.45, 7) is 5.84. The summed E-state index contributed by atoms with van der Waals surface area (Å²) in [6, 6.07) is 19.7. The highest BCUT2D eigenvalue weighted by molar-refractivity contribution is 5.83. The van der Waals surface area contributed by atoms with Crippen LogP contribution in [0.25, 0.3) is 22.2 Å². The van der Waals surface area contributed by atoms with Crippen LogP contribution >= 0.6 is 0 Å². The molecule has 0 bridgehead atoms. The zero-order chi connectivity index (χ0) is 22.6. The van der Waals surface area contributed by atoms with Gasteiger partial charge in [0, 0.05) is 29.7 Å². The van der Waals surface area contributed by atoms with Gasteiger partial charge in [-0.05, 0) is 73.8 Å². The van der Waals surface area contributed by atoms with Gasteiger partial charge in [0.2, 0.25) is 0 Å². The molecule has 1 aliphatic heterocycles. The Hall–Kier alpha value is -3.22. The number of pyridine rings is 1. The van der Waals surface area contributed by atoms with Crippen molar-refractivity contribution in [1.29, 1.82) is 0 Å². The first-order valence-corrected chi connectivity index (χ1v) is 11.7. The number of nitrogens with zero attached hydrogens (tertiary/aromatic N) is 3. The molecule has 0 spiro atoms. The second-order valence-electron chi connectivity index (χ2n) is 8.79. The lowest BCUT2D eigenvalue weighted by molar-refractivity contribution is 0.386. The fraction of sp³-hybridized carbons (Fsp3) is 0.333. The van der Waals surface area contributed by atoms with E-state index in [1.807, 2.05) is 23.0 Å². The Morgan fingerprint density at radius 2 is 1.85 bits per heavy atom. The van der Waals surface area contributed by atoms with Crippen molar-refractivity contribution in [2.45, 2.75) is 38.9 Å². The van der Waals surface area contributed by atoms with Crippen molar-refractivity contribution in [1.82, 2.24) is 25.4 Å². The Balaban J connectivity index is 1.35. The maximum absolute atomic E-state index is 5.26. The number of nitrogens with one attached hydrogen (secondary N) is 2. The largest absolute Gasteiger partial charge is 0.497 e. The molecule has 5 rings (SSSR count). The zero-order valence-electron chi connectivity index (χ0n) is 19.3. The van der Waals surface area contributed by atoms with E-state index in [2.05, 4.69) is 60.0 Å². The molecule has 0 unspecified atom stereocenters. The summed E-state index contributed by atoms with van der Waals surface area (Å²) in [6.07, 6.45) is 4.35. The van der Waals surface area contributed by atoms with Crippen molar-refractivity contribution < 1.29 is 4.74 Å². The van der Waals surface area contributed by atoms with Crippen molar-refractivity contribution in [3.63, 3.8) is 0 Å². The number of hydrogen-bond acceptors (Lipinski definition) is 5. The monoisotopic (exact) mass is 441 g/mol. The first-order valence-electron chi connectivity index (χ1n) is 11.7. The SMILES string of the molecule is COc1ccc(Cn2nc(C)c3cc(-c4cccc(CNC5CCNCC5)c4)cnc32)cc1. The van der Waals surface area contributed by atoms with Crippen molar-refractivity contribution in [3.8, 4) is 16.9 Å². The summed E-state index contributed by atoms with van der Waals surface area (Å²) in [5, 5.41) is 13.0. The number of aryl methyl sites for hydroxylation is 1. The number of fused-ring (bicyclic) bond motifs is 1. The number of methoxy groups -OCH3 is 1. The second-order valence-corrected chi connectivity index (χ2v) is 8.79. The van der Waals surface area contributed by atoms with Gasteiger partial charge in [-0.25, -0.2) is 9.67 Å². The number of piperidine rings is 1. The van der Waals surface area contributed by atoms with E-state index in [-0.39, 0.29) is 0 Å². The van der Waals surface area contributed by atoms with E-state index in [0.717, 1.165) is 47.7 Å². The summed E-state index contributed by atoms with van der Waals surface area (Å²) in [5.74, 6) is 0.858. The first-order chi connectivity index (χ1) is 16.2. The van der Waals surface area contributed by atoms with Crippen LogP contribution in [0, 0.1) is 6.92 Å². The van der Waals surface area contributed by atoms with Crippen molar-refractivity contribution in [2.75, 3.05) is 20.2 Å². The highest BCUT2D eigenvalue weighted by Crippen LogP contribution is 2.26. The van der Waals surface area contributed by atoms with Crippen molar-refractivity contribution in [3.05, 3.63) is 77.6 Å². The van der Waals surface area contributed by atoms with Crippen LogP contribution in [0.4, 0.5) is 0 Å². The molecule has 0 atom stereocenters. The maximum Gasteiger partial charge on any atom is 0.158 e. The summed E-state index contributed by atoms with van der Waals surface area (Å²) < 4.78 is 7.24. The van der Waals surface area contributed by atoms with Crippen molar-refractivity contribution in [2.24, 2.45) is 0 Å². The Bertz CT molecular complexity index is 1230. The van der Waals surface area contributed by atoms with Crippen LogP contribution in [0.2, 0.25) is 0 Å². The van der Waals surface area contributed by atoms with Crippen LogP contribution in [0.5, 0.6) is 5.75 Å². The van der Waals surface area contributed by atoms with Crippen molar-refractivity contribution >= 4 is 11.0 Å². The minimum absolute atomic E-state index is 0.604. The minimum Gasteiger partial charge on any atom is -0.497 e. The van der Waals surface area contributed by atoms with Gasteiger partial charge in [0.05, 0.1) is 19.3 Å². The van der Waals surface area contributed by atoms with Crippen LogP contribution in [0.1, 0.15) is 29.7 Å². The molecule has 2 N–H and O–H groups in total. The van der Waals surface area contributed by atoms with Gasteiger partial charge < -0.3 is 15.4 Å². The fourth-order valence-corrected chi connectivity index (χ4v) is 4.53. The highest BCUT2D eigenvalue weighted by atomic mass is 16.5.